The van der Waals surface area contributed by atoms with Gasteiger partial charge >= 0.3 is 0 Å². The first-order valence-corrected chi connectivity index (χ1v) is 13.7. The number of nitrogens with zero attached hydrogens (tertiary/aromatic N) is 2. The summed E-state index contributed by atoms with van der Waals surface area (Å²) in [6, 6.07) is 11.9. The molecule has 0 amide bonds. The zero-order valence-electron chi connectivity index (χ0n) is 20.7. The SMILES string of the molecule is COCCNCCC1CCc2c(sc3ncnc(Nc4ccc(OCc5cccc(F)c5)c(Cl)c4)c23)C1. The van der Waals surface area contributed by atoms with Crippen molar-refractivity contribution in [3.8, 4) is 5.75 Å². The fourth-order valence-corrected chi connectivity index (χ4v) is 6.28. The average Bonchev–Trinajstić information content (AvgIpc) is 3.27. The van der Waals surface area contributed by atoms with Gasteiger partial charge in [-0.15, -0.1) is 11.3 Å². The van der Waals surface area contributed by atoms with Gasteiger partial charge in [0, 0.05) is 24.2 Å². The molecule has 0 saturated heterocycles. The molecule has 4 aromatic rings. The van der Waals surface area contributed by atoms with Crippen molar-refractivity contribution in [3.05, 3.63) is 75.6 Å². The molecule has 1 aliphatic rings. The Hall–Kier alpha value is -2.78. The number of thiophene rings is 1. The molecule has 0 saturated carbocycles. The number of aromatic nitrogens is 2. The lowest BCUT2D eigenvalue weighted by molar-refractivity contribution is 0.198. The van der Waals surface area contributed by atoms with E-state index in [0.717, 1.165) is 59.8 Å². The second kappa shape index (κ2) is 12.2. The first kappa shape index (κ1) is 25.9. The number of hydrogen-bond donors (Lipinski definition) is 2. The van der Waals surface area contributed by atoms with Crippen molar-refractivity contribution in [1.29, 1.82) is 0 Å². The normalized spacial score (nSPS) is 15.1. The van der Waals surface area contributed by atoms with Gasteiger partial charge in [0.1, 0.15) is 35.1 Å². The topological polar surface area (TPSA) is 68.3 Å². The number of fused-ring (bicyclic) bond motifs is 3. The van der Waals surface area contributed by atoms with E-state index in [0.29, 0.717) is 16.7 Å². The first-order chi connectivity index (χ1) is 18.1. The number of aryl methyl sites for hydroxylation is 1. The second-order valence-corrected chi connectivity index (χ2v) is 10.7. The number of rotatable bonds is 11. The summed E-state index contributed by atoms with van der Waals surface area (Å²) in [6.07, 6.45) is 6.07. The number of nitrogens with one attached hydrogen (secondary N) is 2. The molecular formula is C28H30ClFN4O2S. The zero-order chi connectivity index (χ0) is 25.6. The van der Waals surface area contributed by atoms with Gasteiger partial charge in [0.2, 0.25) is 0 Å². The van der Waals surface area contributed by atoms with E-state index in [1.165, 1.54) is 35.4 Å². The summed E-state index contributed by atoms with van der Waals surface area (Å²) in [4.78, 5) is 11.6. The number of anilines is 2. The smallest absolute Gasteiger partial charge is 0.142 e. The lowest BCUT2D eigenvalue weighted by Gasteiger charge is -2.22. The number of halogens is 2. The Morgan fingerprint density at radius 2 is 2.08 bits per heavy atom. The van der Waals surface area contributed by atoms with Crippen molar-refractivity contribution in [3.63, 3.8) is 0 Å². The van der Waals surface area contributed by atoms with Crippen LogP contribution in [0.15, 0.2) is 48.8 Å². The highest BCUT2D eigenvalue weighted by Gasteiger charge is 2.25. The molecule has 2 aromatic heterocycles. The highest BCUT2D eigenvalue weighted by Crippen LogP contribution is 2.41. The molecule has 6 nitrogen and oxygen atoms in total. The minimum absolute atomic E-state index is 0.238. The third kappa shape index (κ3) is 6.38. The Balaban J connectivity index is 1.26. The van der Waals surface area contributed by atoms with Crippen molar-refractivity contribution < 1.29 is 13.9 Å². The minimum atomic E-state index is -0.288. The van der Waals surface area contributed by atoms with E-state index in [-0.39, 0.29) is 12.4 Å². The molecule has 2 N–H and O–H groups in total. The summed E-state index contributed by atoms with van der Waals surface area (Å²) >= 11 is 8.29. The predicted molar refractivity (Wildman–Crippen MR) is 148 cm³/mol. The Labute approximate surface area is 225 Å². The summed E-state index contributed by atoms with van der Waals surface area (Å²) < 4.78 is 24.3. The molecule has 9 heteroatoms. The van der Waals surface area contributed by atoms with E-state index in [9.17, 15) is 4.39 Å². The summed E-state index contributed by atoms with van der Waals surface area (Å²) in [5, 5.41) is 8.49. The van der Waals surface area contributed by atoms with E-state index in [4.69, 9.17) is 21.1 Å². The average molecular weight is 541 g/mol. The molecule has 0 fully saturated rings. The van der Waals surface area contributed by atoms with Crippen molar-refractivity contribution in [2.24, 2.45) is 5.92 Å². The van der Waals surface area contributed by atoms with Gasteiger partial charge in [-0.2, -0.15) is 0 Å². The number of benzene rings is 2. The van der Waals surface area contributed by atoms with Crippen LogP contribution in [-0.4, -0.2) is 36.8 Å². The molecule has 1 unspecified atom stereocenters. The second-order valence-electron chi connectivity index (χ2n) is 9.24. The zero-order valence-corrected chi connectivity index (χ0v) is 22.3. The maximum Gasteiger partial charge on any atom is 0.142 e. The quantitative estimate of drug-likeness (QED) is 0.211. The van der Waals surface area contributed by atoms with E-state index in [2.05, 4.69) is 20.6 Å². The van der Waals surface area contributed by atoms with Gasteiger partial charge in [-0.3, -0.25) is 0 Å². The lowest BCUT2D eigenvalue weighted by Crippen LogP contribution is -2.24. The molecule has 1 atom stereocenters. The third-order valence-electron chi connectivity index (χ3n) is 6.64. The minimum Gasteiger partial charge on any atom is -0.487 e. The van der Waals surface area contributed by atoms with Crippen LogP contribution in [0.4, 0.5) is 15.9 Å². The Morgan fingerprint density at radius 3 is 2.92 bits per heavy atom. The number of methoxy groups -OCH3 is 1. The standard InChI is InChI=1S/C28H30ClFN4O2S/c1-35-12-11-31-10-9-18-5-7-22-25(14-18)37-28-26(22)27(32-17-33-28)34-21-6-8-24(23(29)15-21)36-16-19-3-2-4-20(30)13-19/h2-4,6,8,13,15,17-18,31H,5,7,9-12,14,16H2,1H3,(H,32,33,34). The Morgan fingerprint density at radius 1 is 1.16 bits per heavy atom. The highest BCUT2D eigenvalue weighted by molar-refractivity contribution is 7.19. The van der Waals surface area contributed by atoms with E-state index >= 15 is 0 Å². The number of hydrogen-bond acceptors (Lipinski definition) is 7. The number of ether oxygens (including phenoxy) is 2. The van der Waals surface area contributed by atoms with Crippen molar-refractivity contribution >= 4 is 44.7 Å². The van der Waals surface area contributed by atoms with Crippen LogP contribution in [0.3, 0.4) is 0 Å². The third-order valence-corrected chi connectivity index (χ3v) is 8.10. The van der Waals surface area contributed by atoms with Gasteiger partial charge in [-0.1, -0.05) is 23.7 Å². The summed E-state index contributed by atoms with van der Waals surface area (Å²) in [5.74, 6) is 1.73. The van der Waals surface area contributed by atoms with Crippen LogP contribution in [0.25, 0.3) is 10.2 Å². The Kier molecular flexibility index (Phi) is 8.51. The summed E-state index contributed by atoms with van der Waals surface area (Å²) in [7, 11) is 1.73. The molecule has 0 bridgehead atoms. The van der Waals surface area contributed by atoms with Crippen LogP contribution in [0.5, 0.6) is 5.75 Å². The fraction of sp³-hybridized carbons (Fsp3) is 0.357. The van der Waals surface area contributed by atoms with Crippen molar-refractivity contribution in [2.45, 2.75) is 32.3 Å². The molecule has 2 aromatic carbocycles. The van der Waals surface area contributed by atoms with Crippen LogP contribution >= 0.6 is 22.9 Å². The summed E-state index contributed by atoms with van der Waals surface area (Å²) in [6.45, 7) is 2.90. The molecular weight excluding hydrogens is 511 g/mol. The molecule has 0 spiro atoms. The molecule has 1 aliphatic carbocycles. The van der Waals surface area contributed by atoms with E-state index in [1.807, 2.05) is 24.3 Å². The van der Waals surface area contributed by atoms with E-state index in [1.54, 1.807) is 30.8 Å². The van der Waals surface area contributed by atoms with Gasteiger partial charge in [0.25, 0.3) is 0 Å². The van der Waals surface area contributed by atoms with Crippen LogP contribution in [0, 0.1) is 11.7 Å². The van der Waals surface area contributed by atoms with Gasteiger partial charge in [-0.25, -0.2) is 14.4 Å². The van der Waals surface area contributed by atoms with Crippen LogP contribution in [0.2, 0.25) is 5.02 Å². The van der Waals surface area contributed by atoms with E-state index < -0.39 is 0 Å². The maximum atomic E-state index is 13.4. The first-order valence-electron chi connectivity index (χ1n) is 12.5. The molecule has 0 aliphatic heterocycles. The van der Waals surface area contributed by atoms with Gasteiger partial charge in [-0.05, 0) is 79.6 Å². The largest absolute Gasteiger partial charge is 0.487 e. The van der Waals surface area contributed by atoms with Gasteiger partial charge in [0.05, 0.1) is 17.0 Å². The van der Waals surface area contributed by atoms with Crippen molar-refractivity contribution in [1.82, 2.24) is 15.3 Å². The van der Waals surface area contributed by atoms with Crippen molar-refractivity contribution in [2.75, 3.05) is 32.1 Å². The Bertz CT molecular complexity index is 1370. The van der Waals surface area contributed by atoms with Crippen LogP contribution in [0.1, 0.15) is 28.8 Å². The molecule has 2 heterocycles. The molecule has 194 valence electrons. The van der Waals surface area contributed by atoms with Gasteiger partial charge in [0.15, 0.2) is 0 Å². The van der Waals surface area contributed by atoms with Crippen LogP contribution < -0.4 is 15.4 Å². The predicted octanol–water partition coefficient (Wildman–Crippen LogP) is 6.54. The fourth-order valence-electron chi connectivity index (χ4n) is 4.75. The summed E-state index contributed by atoms with van der Waals surface area (Å²) in [5.41, 5.74) is 2.93. The highest BCUT2D eigenvalue weighted by atomic mass is 35.5. The van der Waals surface area contributed by atoms with Gasteiger partial charge < -0.3 is 20.1 Å². The molecule has 0 radical (unpaired) electrons. The van der Waals surface area contributed by atoms with Crippen LogP contribution in [-0.2, 0) is 24.2 Å². The molecule has 5 rings (SSSR count). The monoisotopic (exact) mass is 540 g/mol. The molecule has 37 heavy (non-hydrogen) atoms. The maximum absolute atomic E-state index is 13.4. The lowest BCUT2D eigenvalue weighted by atomic mass is 9.86.